The van der Waals surface area contributed by atoms with Gasteiger partial charge in [0.25, 0.3) is 0 Å². The summed E-state index contributed by atoms with van der Waals surface area (Å²) in [6, 6.07) is 4.63. The van der Waals surface area contributed by atoms with Crippen LogP contribution in [0.5, 0.6) is 5.75 Å². The van der Waals surface area contributed by atoms with E-state index >= 15 is 0 Å². The number of nitrogens with zero attached hydrogens (tertiary/aromatic N) is 1. The van der Waals surface area contributed by atoms with Crippen molar-refractivity contribution >= 4 is 31.9 Å². The normalized spacial score (nSPS) is 20.9. The first-order valence-electron chi connectivity index (χ1n) is 7.02. The van der Waals surface area contributed by atoms with Crippen LogP contribution in [0.3, 0.4) is 0 Å². The Morgan fingerprint density at radius 3 is 2.78 bits per heavy atom. The molecule has 1 heterocycles. The van der Waals surface area contributed by atoms with E-state index in [0.717, 1.165) is 0 Å². The Hall–Kier alpha value is -1.16. The smallest absolute Gasteiger partial charge is 0.332 e. The van der Waals surface area contributed by atoms with Crippen LogP contribution in [0.2, 0.25) is 0 Å². The van der Waals surface area contributed by atoms with Gasteiger partial charge in [-0.3, -0.25) is 0 Å². The molecular formula is C14H18BrNO6S. The Morgan fingerprint density at radius 1 is 1.48 bits per heavy atom. The minimum Gasteiger partial charge on any atom is -0.497 e. The Kier molecular flexibility index (Phi) is 5.66. The molecule has 0 bridgehead atoms. The van der Waals surface area contributed by atoms with Gasteiger partial charge < -0.3 is 14.9 Å². The van der Waals surface area contributed by atoms with E-state index in [1.807, 2.05) is 0 Å². The molecule has 128 valence electrons. The van der Waals surface area contributed by atoms with Gasteiger partial charge in [0.2, 0.25) is 10.0 Å². The molecule has 0 aliphatic carbocycles. The van der Waals surface area contributed by atoms with Crippen LogP contribution in [0.4, 0.5) is 0 Å². The van der Waals surface area contributed by atoms with E-state index < -0.39 is 28.0 Å². The molecule has 2 atom stereocenters. The number of hydrogen-bond acceptors (Lipinski definition) is 5. The van der Waals surface area contributed by atoms with E-state index in [0.29, 0.717) is 23.1 Å². The maximum absolute atomic E-state index is 12.8. The Morgan fingerprint density at radius 2 is 2.17 bits per heavy atom. The molecule has 1 saturated heterocycles. The second-order valence-electron chi connectivity index (χ2n) is 5.34. The largest absolute Gasteiger partial charge is 0.497 e. The molecule has 7 nitrogen and oxygen atoms in total. The van der Waals surface area contributed by atoms with Crippen molar-refractivity contribution in [1.29, 1.82) is 0 Å². The van der Waals surface area contributed by atoms with Crippen molar-refractivity contribution in [3.63, 3.8) is 0 Å². The number of carboxylic acids is 1. The summed E-state index contributed by atoms with van der Waals surface area (Å²) in [7, 11) is -2.37. The van der Waals surface area contributed by atoms with Gasteiger partial charge in [0.15, 0.2) is 6.10 Å². The van der Waals surface area contributed by atoms with Crippen molar-refractivity contribution in [2.24, 2.45) is 5.92 Å². The number of sulfonamides is 1. The first-order valence-corrected chi connectivity index (χ1v) is 9.25. The number of ether oxygens (including phenoxy) is 1. The Balaban J connectivity index is 2.30. The number of aliphatic carboxylic acids is 1. The Labute approximate surface area is 143 Å². The molecule has 0 amide bonds. The molecule has 1 aromatic rings. The number of benzene rings is 1. The van der Waals surface area contributed by atoms with Crippen molar-refractivity contribution in [1.82, 2.24) is 4.31 Å². The van der Waals surface area contributed by atoms with Gasteiger partial charge >= 0.3 is 5.97 Å². The summed E-state index contributed by atoms with van der Waals surface area (Å²) in [6.07, 6.45) is -0.601. The van der Waals surface area contributed by atoms with Crippen molar-refractivity contribution in [2.45, 2.75) is 23.8 Å². The zero-order valence-corrected chi connectivity index (χ0v) is 14.9. The van der Waals surface area contributed by atoms with Crippen LogP contribution < -0.4 is 4.74 Å². The number of carboxylic acid groups (broad SMARTS) is 1. The lowest BCUT2D eigenvalue weighted by atomic mass is 9.94. The zero-order valence-electron chi connectivity index (χ0n) is 12.5. The molecule has 0 unspecified atom stereocenters. The third-order valence-corrected chi connectivity index (χ3v) is 6.74. The van der Waals surface area contributed by atoms with Crippen LogP contribution in [0.15, 0.2) is 27.6 Å². The van der Waals surface area contributed by atoms with Crippen molar-refractivity contribution < 1.29 is 28.2 Å². The van der Waals surface area contributed by atoms with Crippen LogP contribution in [0.1, 0.15) is 12.8 Å². The van der Waals surface area contributed by atoms with E-state index in [2.05, 4.69) is 15.9 Å². The van der Waals surface area contributed by atoms with Gasteiger partial charge in [-0.25, -0.2) is 13.2 Å². The average molecular weight is 408 g/mol. The fourth-order valence-corrected chi connectivity index (χ4v) is 5.07. The molecule has 1 aliphatic rings. The third-order valence-electron chi connectivity index (χ3n) is 3.88. The minimum absolute atomic E-state index is 0.0283. The van der Waals surface area contributed by atoms with E-state index in [1.54, 1.807) is 12.1 Å². The summed E-state index contributed by atoms with van der Waals surface area (Å²) in [5, 5.41) is 18.6. The highest BCUT2D eigenvalue weighted by Crippen LogP contribution is 2.32. The van der Waals surface area contributed by atoms with E-state index in [-0.39, 0.29) is 18.0 Å². The summed E-state index contributed by atoms with van der Waals surface area (Å²) in [5.41, 5.74) is 0. The van der Waals surface area contributed by atoms with Crippen LogP contribution >= 0.6 is 15.9 Å². The van der Waals surface area contributed by atoms with Gasteiger partial charge in [0, 0.05) is 29.5 Å². The number of hydrogen-bond donors (Lipinski definition) is 2. The number of rotatable bonds is 5. The number of carbonyl (C=O) groups is 1. The van der Waals surface area contributed by atoms with Crippen molar-refractivity contribution in [3.05, 3.63) is 22.7 Å². The summed E-state index contributed by atoms with van der Waals surface area (Å²) in [5.74, 6) is -1.55. The molecule has 2 rings (SSSR count). The van der Waals surface area contributed by atoms with Crippen LogP contribution in [0.25, 0.3) is 0 Å². The number of halogens is 1. The first-order chi connectivity index (χ1) is 10.8. The lowest BCUT2D eigenvalue weighted by Gasteiger charge is -2.33. The molecule has 1 fully saturated rings. The minimum atomic E-state index is -3.82. The second-order valence-corrected chi connectivity index (χ2v) is 8.11. The molecular weight excluding hydrogens is 390 g/mol. The quantitative estimate of drug-likeness (QED) is 0.762. The summed E-state index contributed by atoms with van der Waals surface area (Å²) in [4.78, 5) is 11.0. The summed E-state index contributed by atoms with van der Waals surface area (Å²) in [6.45, 7) is 0.258. The number of aliphatic hydroxyl groups excluding tert-OH is 1. The predicted molar refractivity (Wildman–Crippen MR) is 85.8 cm³/mol. The van der Waals surface area contributed by atoms with Crippen molar-refractivity contribution in [2.75, 3.05) is 20.2 Å². The van der Waals surface area contributed by atoms with E-state index in [4.69, 9.17) is 9.84 Å². The zero-order chi connectivity index (χ0) is 17.2. The lowest BCUT2D eigenvalue weighted by Crippen LogP contribution is -2.45. The summed E-state index contributed by atoms with van der Waals surface area (Å²) < 4.78 is 32.3. The fourth-order valence-electron chi connectivity index (χ4n) is 2.60. The number of aliphatic hydroxyl groups is 1. The maximum atomic E-state index is 12.8. The topological polar surface area (TPSA) is 104 Å². The molecule has 0 aromatic heterocycles. The SMILES string of the molecule is COc1ccc(Br)c(S(=O)(=O)N2CCC[C@H]([C@@H](O)C(=O)O)C2)c1. The van der Waals surface area contributed by atoms with Gasteiger partial charge in [-0.2, -0.15) is 4.31 Å². The monoisotopic (exact) mass is 407 g/mol. The highest BCUT2D eigenvalue weighted by atomic mass is 79.9. The molecule has 2 N–H and O–H groups in total. The van der Waals surface area contributed by atoms with E-state index in [1.165, 1.54) is 17.5 Å². The maximum Gasteiger partial charge on any atom is 0.332 e. The highest BCUT2D eigenvalue weighted by molar-refractivity contribution is 9.10. The van der Waals surface area contributed by atoms with Crippen LogP contribution in [-0.2, 0) is 14.8 Å². The van der Waals surface area contributed by atoms with Gasteiger partial charge in [-0.05, 0) is 40.9 Å². The number of piperidine rings is 1. The molecule has 9 heteroatoms. The fraction of sp³-hybridized carbons (Fsp3) is 0.500. The molecule has 0 radical (unpaired) electrons. The molecule has 1 aromatic carbocycles. The van der Waals surface area contributed by atoms with Gasteiger partial charge in [0.1, 0.15) is 10.6 Å². The average Bonchev–Trinajstić information content (AvgIpc) is 2.54. The highest BCUT2D eigenvalue weighted by Gasteiger charge is 2.36. The molecule has 0 saturated carbocycles. The van der Waals surface area contributed by atoms with Crippen LogP contribution in [0, 0.1) is 5.92 Å². The molecule has 1 aliphatic heterocycles. The predicted octanol–water partition coefficient (Wildman–Crippen LogP) is 1.30. The van der Waals surface area contributed by atoms with Gasteiger partial charge in [-0.1, -0.05) is 0 Å². The number of methoxy groups -OCH3 is 1. The van der Waals surface area contributed by atoms with Gasteiger partial charge in [-0.15, -0.1) is 0 Å². The van der Waals surface area contributed by atoms with Crippen molar-refractivity contribution in [3.8, 4) is 5.75 Å². The Bertz CT molecular complexity index is 693. The summed E-state index contributed by atoms with van der Waals surface area (Å²) >= 11 is 3.22. The molecule has 23 heavy (non-hydrogen) atoms. The lowest BCUT2D eigenvalue weighted by molar-refractivity contribution is -0.150. The van der Waals surface area contributed by atoms with Gasteiger partial charge in [0.05, 0.1) is 7.11 Å². The third kappa shape index (κ3) is 3.85. The standard InChI is InChI=1S/C14H18BrNO6S/c1-22-10-4-5-11(15)12(7-10)23(20,21)16-6-2-3-9(8-16)13(17)14(18)19/h4-5,7,9,13,17H,2-3,6,8H2,1H3,(H,18,19)/t9-,13+/m0/s1. The first kappa shape index (κ1) is 18.2. The second kappa shape index (κ2) is 7.16. The molecule has 0 spiro atoms. The van der Waals surface area contributed by atoms with Crippen LogP contribution in [-0.4, -0.2) is 55.2 Å². The van der Waals surface area contributed by atoms with E-state index in [9.17, 15) is 18.3 Å².